The maximum atomic E-state index is 12.2. The summed E-state index contributed by atoms with van der Waals surface area (Å²) in [6, 6.07) is 0.105. The third kappa shape index (κ3) is 7.14. The number of likely N-dealkylation sites (tertiary alicyclic amines) is 1. The summed E-state index contributed by atoms with van der Waals surface area (Å²) >= 11 is 0. The van der Waals surface area contributed by atoms with Crippen LogP contribution in [-0.2, 0) is 4.79 Å². The van der Waals surface area contributed by atoms with Crippen LogP contribution in [0.2, 0.25) is 0 Å². The van der Waals surface area contributed by atoms with Crippen molar-refractivity contribution in [1.82, 2.24) is 20.9 Å². The number of carbonyl (C=O) groups excluding carboxylic acids is 2. The summed E-state index contributed by atoms with van der Waals surface area (Å²) in [5.74, 6) is 0.0264. The number of hydrogen-bond donors (Lipinski definition) is 3. The van der Waals surface area contributed by atoms with Crippen molar-refractivity contribution < 1.29 is 9.59 Å². The van der Waals surface area contributed by atoms with Gasteiger partial charge in [-0.3, -0.25) is 4.79 Å². The molecule has 0 aromatic rings. The SMILES string of the molecule is CC(=O)NC1CC(C)(C)CC(C)(CNC(=O)NCCN2CCCCC2)C1. The molecule has 0 aromatic heterocycles. The van der Waals surface area contributed by atoms with Crippen LogP contribution in [0.1, 0.15) is 66.2 Å². The minimum Gasteiger partial charge on any atom is -0.354 e. The molecule has 3 N–H and O–H groups in total. The zero-order valence-electron chi connectivity index (χ0n) is 17.1. The van der Waals surface area contributed by atoms with Crippen molar-refractivity contribution in [2.24, 2.45) is 10.8 Å². The van der Waals surface area contributed by atoms with Crippen molar-refractivity contribution in [3.63, 3.8) is 0 Å². The maximum absolute atomic E-state index is 12.2. The van der Waals surface area contributed by atoms with Crippen molar-refractivity contribution in [3.05, 3.63) is 0 Å². The summed E-state index contributed by atoms with van der Waals surface area (Å²) in [6.07, 6.45) is 6.82. The van der Waals surface area contributed by atoms with Gasteiger partial charge in [0.1, 0.15) is 0 Å². The molecule has 0 bridgehead atoms. The van der Waals surface area contributed by atoms with E-state index in [1.54, 1.807) is 6.92 Å². The van der Waals surface area contributed by atoms with E-state index < -0.39 is 0 Å². The van der Waals surface area contributed by atoms with Gasteiger partial charge in [-0.15, -0.1) is 0 Å². The maximum Gasteiger partial charge on any atom is 0.314 e. The van der Waals surface area contributed by atoms with E-state index in [1.807, 2.05) is 0 Å². The lowest BCUT2D eigenvalue weighted by Crippen LogP contribution is -2.51. The van der Waals surface area contributed by atoms with E-state index >= 15 is 0 Å². The first-order valence-corrected chi connectivity index (χ1v) is 10.2. The van der Waals surface area contributed by atoms with Gasteiger partial charge in [0.15, 0.2) is 0 Å². The Hall–Kier alpha value is -1.30. The van der Waals surface area contributed by atoms with Crippen LogP contribution in [0.3, 0.4) is 0 Å². The van der Waals surface area contributed by atoms with Crippen molar-refractivity contribution in [2.75, 3.05) is 32.7 Å². The van der Waals surface area contributed by atoms with Gasteiger partial charge in [0, 0.05) is 32.6 Å². The fourth-order valence-corrected chi connectivity index (χ4v) is 5.02. The predicted octanol–water partition coefficient (Wildman–Crippen LogP) is 2.49. The Bertz CT molecular complexity index is 488. The number of amides is 3. The highest BCUT2D eigenvalue weighted by Gasteiger charge is 2.41. The number of rotatable bonds is 6. The number of nitrogens with one attached hydrogen (secondary N) is 3. The predicted molar refractivity (Wildman–Crippen MR) is 105 cm³/mol. The highest BCUT2D eigenvalue weighted by molar-refractivity contribution is 5.74. The van der Waals surface area contributed by atoms with Gasteiger partial charge in [-0.2, -0.15) is 0 Å². The summed E-state index contributed by atoms with van der Waals surface area (Å²) in [4.78, 5) is 26.1. The largest absolute Gasteiger partial charge is 0.354 e. The van der Waals surface area contributed by atoms with Gasteiger partial charge in [0.25, 0.3) is 0 Å². The molecule has 2 aliphatic rings. The summed E-state index contributed by atoms with van der Waals surface area (Å²) in [5, 5.41) is 9.13. The van der Waals surface area contributed by atoms with E-state index in [-0.39, 0.29) is 28.8 Å². The van der Waals surface area contributed by atoms with Crippen LogP contribution in [0.15, 0.2) is 0 Å². The number of urea groups is 1. The molecule has 2 unspecified atom stereocenters. The monoisotopic (exact) mass is 366 g/mol. The first kappa shape index (κ1) is 21.0. The van der Waals surface area contributed by atoms with Gasteiger partial charge in [0.05, 0.1) is 0 Å². The molecule has 1 aliphatic carbocycles. The Morgan fingerprint density at radius 3 is 2.38 bits per heavy atom. The van der Waals surface area contributed by atoms with E-state index in [0.29, 0.717) is 13.1 Å². The fourth-order valence-electron chi connectivity index (χ4n) is 5.02. The van der Waals surface area contributed by atoms with Gasteiger partial charge in [-0.1, -0.05) is 27.2 Å². The molecule has 6 nitrogen and oxygen atoms in total. The van der Waals surface area contributed by atoms with E-state index in [9.17, 15) is 9.59 Å². The summed E-state index contributed by atoms with van der Waals surface area (Å²) < 4.78 is 0. The molecule has 2 atom stereocenters. The summed E-state index contributed by atoms with van der Waals surface area (Å²) in [7, 11) is 0. The zero-order chi connectivity index (χ0) is 19.2. The fraction of sp³-hybridized carbons (Fsp3) is 0.900. The Labute approximate surface area is 158 Å². The van der Waals surface area contributed by atoms with Crippen molar-refractivity contribution in [2.45, 2.75) is 72.3 Å². The van der Waals surface area contributed by atoms with E-state index in [1.165, 1.54) is 19.3 Å². The standard InChI is InChI=1S/C20H38N4O2/c1-16(25)23-17-12-19(2,3)14-20(4,13-17)15-22-18(26)21-8-11-24-9-6-5-7-10-24/h17H,5-15H2,1-4H3,(H,23,25)(H2,21,22,26). The van der Waals surface area contributed by atoms with E-state index in [4.69, 9.17) is 0 Å². The molecular weight excluding hydrogens is 328 g/mol. The Morgan fingerprint density at radius 2 is 1.73 bits per heavy atom. The first-order valence-electron chi connectivity index (χ1n) is 10.2. The minimum absolute atomic E-state index is 0.000916. The lowest BCUT2D eigenvalue weighted by Gasteiger charge is -2.46. The highest BCUT2D eigenvalue weighted by atomic mass is 16.2. The van der Waals surface area contributed by atoms with Crippen LogP contribution in [0.5, 0.6) is 0 Å². The van der Waals surface area contributed by atoms with E-state index in [0.717, 1.165) is 38.9 Å². The van der Waals surface area contributed by atoms with Crippen LogP contribution in [0.25, 0.3) is 0 Å². The van der Waals surface area contributed by atoms with Crippen molar-refractivity contribution in [3.8, 4) is 0 Å². The quantitative estimate of drug-likeness (QED) is 0.676. The van der Waals surface area contributed by atoms with Crippen LogP contribution in [0.4, 0.5) is 4.79 Å². The molecule has 0 aromatic carbocycles. The van der Waals surface area contributed by atoms with Gasteiger partial charge < -0.3 is 20.9 Å². The number of carbonyl (C=O) groups is 2. The molecule has 150 valence electrons. The van der Waals surface area contributed by atoms with Crippen LogP contribution in [-0.4, -0.2) is 55.6 Å². The van der Waals surface area contributed by atoms with Crippen LogP contribution in [0, 0.1) is 10.8 Å². The molecule has 26 heavy (non-hydrogen) atoms. The molecule has 1 heterocycles. The third-order valence-electron chi connectivity index (χ3n) is 5.69. The minimum atomic E-state index is -0.0808. The van der Waals surface area contributed by atoms with Gasteiger partial charge in [-0.25, -0.2) is 4.79 Å². The molecule has 1 saturated carbocycles. The Morgan fingerprint density at radius 1 is 1.04 bits per heavy atom. The van der Waals surface area contributed by atoms with Gasteiger partial charge >= 0.3 is 6.03 Å². The molecule has 0 radical (unpaired) electrons. The third-order valence-corrected chi connectivity index (χ3v) is 5.69. The molecule has 3 amide bonds. The highest BCUT2D eigenvalue weighted by Crippen LogP contribution is 2.45. The molecule has 2 fully saturated rings. The second kappa shape index (κ2) is 9.07. The molecule has 6 heteroatoms. The average Bonchev–Trinajstić information content (AvgIpc) is 2.51. The molecule has 0 spiro atoms. The lowest BCUT2D eigenvalue weighted by molar-refractivity contribution is -0.120. The number of hydrogen-bond acceptors (Lipinski definition) is 3. The first-order chi connectivity index (χ1) is 12.2. The zero-order valence-corrected chi connectivity index (χ0v) is 17.1. The summed E-state index contributed by atoms with van der Waals surface area (Å²) in [6.45, 7) is 12.9. The molecule has 2 rings (SSSR count). The van der Waals surface area contributed by atoms with Gasteiger partial charge in [-0.05, 0) is 56.0 Å². The smallest absolute Gasteiger partial charge is 0.314 e. The number of piperidine rings is 1. The van der Waals surface area contributed by atoms with Crippen LogP contribution < -0.4 is 16.0 Å². The Kier molecular flexibility index (Phi) is 7.33. The molecule has 1 saturated heterocycles. The lowest BCUT2D eigenvalue weighted by atomic mass is 9.62. The van der Waals surface area contributed by atoms with Crippen LogP contribution >= 0.6 is 0 Å². The van der Waals surface area contributed by atoms with E-state index in [2.05, 4.69) is 41.6 Å². The van der Waals surface area contributed by atoms with Gasteiger partial charge in [0.2, 0.25) is 5.91 Å². The topological polar surface area (TPSA) is 73.5 Å². The normalized spacial score (nSPS) is 29.0. The Balaban J connectivity index is 1.74. The molecular formula is C20H38N4O2. The second-order valence-corrected chi connectivity index (χ2v) is 9.47. The van der Waals surface area contributed by atoms with Crippen molar-refractivity contribution in [1.29, 1.82) is 0 Å². The summed E-state index contributed by atoms with van der Waals surface area (Å²) in [5.41, 5.74) is 0.158. The number of nitrogens with zero attached hydrogens (tertiary/aromatic N) is 1. The second-order valence-electron chi connectivity index (χ2n) is 9.47. The molecule has 1 aliphatic heterocycles. The average molecular weight is 367 g/mol. The van der Waals surface area contributed by atoms with Crippen molar-refractivity contribution >= 4 is 11.9 Å².